The molecule has 1 aliphatic heterocycles. The van der Waals surface area contributed by atoms with Crippen LogP contribution in [-0.4, -0.2) is 52.0 Å². The molecule has 0 atom stereocenters. The lowest BCUT2D eigenvalue weighted by atomic mass is 10.2. The molecule has 3 rings (SSSR count). The number of methoxy groups -OCH3 is 1. The van der Waals surface area contributed by atoms with Crippen LogP contribution in [0.5, 0.6) is 5.75 Å². The van der Waals surface area contributed by atoms with Gasteiger partial charge in [-0.15, -0.1) is 0 Å². The van der Waals surface area contributed by atoms with E-state index in [1.54, 1.807) is 0 Å². The molecule has 0 radical (unpaired) electrons. The number of carbonyl (C=O) groups excluding carboxylic acids is 1. The number of hydrogen-bond acceptors (Lipinski definition) is 5. The third-order valence-electron chi connectivity index (χ3n) is 4.11. The Kier molecular flexibility index (Phi) is 5.73. The lowest BCUT2D eigenvalue weighted by Gasteiger charge is -2.26. The first-order valence-corrected chi connectivity index (χ1v) is 9.68. The summed E-state index contributed by atoms with van der Waals surface area (Å²) < 4.78 is 50.6. The van der Waals surface area contributed by atoms with Gasteiger partial charge in [0.15, 0.2) is 0 Å². The van der Waals surface area contributed by atoms with Crippen molar-refractivity contribution in [2.75, 3.05) is 38.7 Å². The van der Waals surface area contributed by atoms with Gasteiger partial charge in [0.25, 0.3) is 5.91 Å². The molecule has 0 bridgehead atoms. The highest BCUT2D eigenvalue weighted by Gasteiger charge is 2.28. The number of amides is 1. The number of sulfonamides is 1. The number of morpholine rings is 1. The predicted octanol–water partition coefficient (Wildman–Crippen LogP) is 2.11. The smallest absolute Gasteiger partial charge is 0.259 e. The largest absolute Gasteiger partial charge is 0.496 e. The van der Waals surface area contributed by atoms with Crippen LogP contribution in [0.3, 0.4) is 0 Å². The first-order chi connectivity index (χ1) is 12.9. The van der Waals surface area contributed by atoms with E-state index in [1.807, 2.05) is 0 Å². The van der Waals surface area contributed by atoms with Crippen LogP contribution >= 0.6 is 0 Å². The normalized spacial score (nSPS) is 15.3. The van der Waals surface area contributed by atoms with Crippen molar-refractivity contribution in [3.8, 4) is 5.75 Å². The molecule has 2 aromatic carbocycles. The van der Waals surface area contributed by atoms with Gasteiger partial charge < -0.3 is 14.8 Å². The summed E-state index contributed by atoms with van der Waals surface area (Å²) in [5, 5.41) is 2.54. The summed E-state index contributed by atoms with van der Waals surface area (Å²) in [6, 6.07) is 9.49. The molecule has 2 aromatic rings. The third kappa shape index (κ3) is 4.26. The van der Waals surface area contributed by atoms with E-state index in [9.17, 15) is 17.6 Å². The zero-order chi connectivity index (χ0) is 19.4. The molecule has 0 unspecified atom stereocenters. The van der Waals surface area contributed by atoms with Gasteiger partial charge in [0.2, 0.25) is 10.0 Å². The summed E-state index contributed by atoms with van der Waals surface area (Å²) in [4.78, 5) is 12.6. The van der Waals surface area contributed by atoms with Crippen LogP contribution in [0.4, 0.5) is 10.1 Å². The Labute approximate surface area is 156 Å². The summed E-state index contributed by atoms with van der Waals surface area (Å²) in [5.74, 6) is -0.885. The van der Waals surface area contributed by atoms with E-state index in [0.717, 1.165) is 0 Å². The maximum absolute atomic E-state index is 13.3. The Morgan fingerprint density at radius 1 is 1.19 bits per heavy atom. The number of rotatable bonds is 5. The maximum Gasteiger partial charge on any atom is 0.259 e. The molecule has 0 saturated carbocycles. The zero-order valence-corrected chi connectivity index (χ0v) is 15.5. The number of anilines is 1. The van der Waals surface area contributed by atoms with Gasteiger partial charge in [0, 0.05) is 18.8 Å². The number of nitrogens with one attached hydrogen (secondary N) is 1. The highest BCUT2D eigenvalue weighted by Crippen LogP contribution is 2.26. The van der Waals surface area contributed by atoms with Crippen molar-refractivity contribution in [2.45, 2.75) is 4.90 Å². The van der Waals surface area contributed by atoms with Crippen molar-refractivity contribution in [1.82, 2.24) is 4.31 Å². The van der Waals surface area contributed by atoms with Crippen molar-refractivity contribution < 1.29 is 27.1 Å². The summed E-state index contributed by atoms with van der Waals surface area (Å²) in [7, 11) is -2.39. The first-order valence-electron chi connectivity index (χ1n) is 8.24. The Hall–Kier alpha value is -2.49. The van der Waals surface area contributed by atoms with Gasteiger partial charge in [-0.3, -0.25) is 4.79 Å². The highest BCUT2D eigenvalue weighted by atomic mass is 32.2. The van der Waals surface area contributed by atoms with Gasteiger partial charge in [0.05, 0.1) is 30.8 Å². The Morgan fingerprint density at radius 3 is 2.59 bits per heavy atom. The first kappa shape index (κ1) is 19.3. The van der Waals surface area contributed by atoms with E-state index in [-0.39, 0.29) is 35.0 Å². The van der Waals surface area contributed by atoms with Crippen molar-refractivity contribution in [3.05, 3.63) is 53.8 Å². The van der Waals surface area contributed by atoms with Gasteiger partial charge in [-0.25, -0.2) is 12.8 Å². The van der Waals surface area contributed by atoms with E-state index < -0.39 is 21.7 Å². The molecule has 0 aliphatic carbocycles. The van der Waals surface area contributed by atoms with Crippen molar-refractivity contribution >= 4 is 21.6 Å². The second kappa shape index (κ2) is 8.03. The number of halogens is 1. The third-order valence-corrected chi connectivity index (χ3v) is 6.00. The van der Waals surface area contributed by atoms with Crippen LogP contribution < -0.4 is 10.1 Å². The number of nitrogens with zero attached hydrogens (tertiary/aromatic N) is 1. The van der Waals surface area contributed by atoms with E-state index in [1.165, 1.54) is 53.9 Å². The maximum atomic E-state index is 13.3. The number of carbonyl (C=O) groups is 1. The van der Waals surface area contributed by atoms with Crippen LogP contribution in [0.25, 0.3) is 0 Å². The average Bonchev–Trinajstić information content (AvgIpc) is 2.68. The molecule has 27 heavy (non-hydrogen) atoms. The Bertz CT molecular complexity index is 943. The van der Waals surface area contributed by atoms with Gasteiger partial charge >= 0.3 is 0 Å². The molecule has 1 amide bonds. The van der Waals surface area contributed by atoms with Gasteiger partial charge in [-0.1, -0.05) is 6.07 Å². The molecule has 1 fully saturated rings. The van der Waals surface area contributed by atoms with Crippen molar-refractivity contribution in [2.24, 2.45) is 0 Å². The minimum Gasteiger partial charge on any atom is -0.496 e. The van der Waals surface area contributed by atoms with E-state index in [4.69, 9.17) is 9.47 Å². The Balaban J connectivity index is 1.92. The van der Waals surface area contributed by atoms with Crippen molar-refractivity contribution in [1.29, 1.82) is 0 Å². The van der Waals surface area contributed by atoms with Gasteiger partial charge in [-0.05, 0) is 36.4 Å². The number of ether oxygens (including phenoxy) is 2. The minimum atomic E-state index is -3.76. The molecule has 1 heterocycles. The molecule has 1 saturated heterocycles. The van der Waals surface area contributed by atoms with Crippen LogP contribution in [0, 0.1) is 5.82 Å². The van der Waals surface area contributed by atoms with Crippen molar-refractivity contribution in [3.63, 3.8) is 0 Å². The molecule has 7 nitrogen and oxygen atoms in total. The predicted molar refractivity (Wildman–Crippen MR) is 96.9 cm³/mol. The number of hydrogen-bond donors (Lipinski definition) is 1. The van der Waals surface area contributed by atoms with Crippen LogP contribution in [0.15, 0.2) is 47.4 Å². The van der Waals surface area contributed by atoms with Gasteiger partial charge in [0.1, 0.15) is 11.6 Å². The summed E-state index contributed by atoms with van der Waals surface area (Å²) in [5.41, 5.74) is 0.291. The average molecular weight is 394 g/mol. The standard InChI is InChI=1S/C18H19FN2O5S/c1-25-17-6-5-15(27(23,24)21-7-9-26-10-8-21)12-16(17)18(22)20-14-4-2-3-13(19)11-14/h2-6,11-12H,7-10H2,1H3,(H,20,22). The van der Waals surface area contributed by atoms with E-state index >= 15 is 0 Å². The fraction of sp³-hybridized carbons (Fsp3) is 0.278. The topological polar surface area (TPSA) is 84.9 Å². The lowest BCUT2D eigenvalue weighted by molar-refractivity contribution is 0.0730. The van der Waals surface area contributed by atoms with E-state index in [0.29, 0.717) is 13.2 Å². The molecular formula is C18H19FN2O5S. The van der Waals surface area contributed by atoms with Crippen LogP contribution in [-0.2, 0) is 14.8 Å². The van der Waals surface area contributed by atoms with Gasteiger partial charge in [-0.2, -0.15) is 4.31 Å². The molecule has 9 heteroatoms. The molecular weight excluding hydrogens is 375 g/mol. The molecule has 1 aliphatic rings. The molecule has 0 aromatic heterocycles. The monoisotopic (exact) mass is 394 g/mol. The minimum absolute atomic E-state index is 0.0189. The summed E-state index contributed by atoms with van der Waals surface area (Å²) in [6.07, 6.45) is 0. The summed E-state index contributed by atoms with van der Waals surface area (Å²) in [6.45, 7) is 1.14. The molecule has 1 N–H and O–H groups in total. The fourth-order valence-electron chi connectivity index (χ4n) is 2.73. The second-order valence-corrected chi connectivity index (χ2v) is 7.78. The second-order valence-electron chi connectivity index (χ2n) is 5.84. The Morgan fingerprint density at radius 2 is 1.93 bits per heavy atom. The SMILES string of the molecule is COc1ccc(S(=O)(=O)N2CCOCC2)cc1C(=O)Nc1cccc(F)c1. The lowest BCUT2D eigenvalue weighted by Crippen LogP contribution is -2.40. The van der Waals surface area contributed by atoms with Crippen LogP contribution in [0.1, 0.15) is 10.4 Å². The summed E-state index contributed by atoms with van der Waals surface area (Å²) >= 11 is 0. The quantitative estimate of drug-likeness (QED) is 0.840. The van der Waals surface area contributed by atoms with E-state index in [2.05, 4.69) is 5.32 Å². The molecule has 0 spiro atoms. The highest BCUT2D eigenvalue weighted by molar-refractivity contribution is 7.89. The van der Waals surface area contributed by atoms with Crippen LogP contribution in [0.2, 0.25) is 0 Å². The fourth-order valence-corrected chi connectivity index (χ4v) is 4.16. The zero-order valence-electron chi connectivity index (χ0n) is 14.6. The number of benzene rings is 2. The molecule has 144 valence electrons.